The first-order chi connectivity index (χ1) is 12.5. The Hall–Kier alpha value is -2.51. The minimum Gasteiger partial charge on any atom is -0.484 e. The quantitative estimate of drug-likeness (QED) is 0.434. The maximum Gasteiger partial charge on any atom is 0.269 e. The van der Waals surface area contributed by atoms with E-state index in [4.69, 9.17) is 4.74 Å². The number of carbonyl (C=O) groups excluding carboxylic acids is 2. The molecule has 1 aromatic rings. The average Bonchev–Trinajstić information content (AvgIpc) is 2.67. The van der Waals surface area contributed by atoms with Crippen molar-refractivity contribution in [1.29, 1.82) is 0 Å². The molecule has 1 heterocycles. The van der Waals surface area contributed by atoms with Crippen molar-refractivity contribution >= 4 is 33.8 Å². The van der Waals surface area contributed by atoms with Gasteiger partial charge in [0.1, 0.15) is 6.10 Å². The SMILES string of the molecule is C#C.C/C=C\C/C=C(\C)c1ccc2c(c1)C1=C(OC(C)CS1)C(=O)C2=O. The Morgan fingerprint density at radius 3 is 2.69 bits per heavy atom. The van der Waals surface area contributed by atoms with E-state index in [0.29, 0.717) is 5.56 Å². The van der Waals surface area contributed by atoms with E-state index in [1.807, 2.05) is 32.1 Å². The van der Waals surface area contributed by atoms with Crippen molar-refractivity contribution in [3.05, 3.63) is 58.9 Å². The molecule has 0 amide bonds. The van der Waals surface area contributed by atoms with Gasteiger partial charge in [0, 0.05) is 16.9 Å². The average molecular weight is 366 g/mol. The topological polar surface area (TPSA) is 43.4 Å². The predicted octanol–water partition coefficient (Wildman–Crippen LogP) is 4.89. The molecule has 1 aliphatic heterocycles. The molecule has 0 saturated heterocycles. The molecule has 3 rings (SSSR count). The van der Waals surface area contributed by atoms with Gasteiger partial charge in [0.15, 0.2) is 5.76 Å². The van der Waals surface area contributed by atoms with E-state index in [2.05, 4.69) is 31.9 Å². The molecule has 0 radical (unpaired) electrons. The second-order valence-corrected chi connectivity index (χ2v) is 7.04. The molecule has 0 saturated carbocycles. The largest absolute Gasteiger partial charge is 0.484 e. The van der Waals surface area contributed by atoms with Crippen LogP contribution in [-0.4, -0.2) is 23.4 Å². The lowest BCUT2D eigenvalue weighted by molar-refractivity contribution is -0.115. The summed E-state index contributed by atoms with van der Waals surface area (Å²) in [5, 5.41) is 0. The van der Waals surface area contributed by atoms with Gasteiger partial charge in [-0.2, -0.15) is 0 Å². The zero-order valence-electron chi connectivity index (χ0n) is 15.2. The van der Waals surface area contributed by atoms with Crippen LogP contribution in [0.25, 0.3) is 10.5 Å². The Morgan fingerprint density at radius 1 is 1.27 bits per heavy atom. The van der Waals surface area contributed by atoms with Crippen LogP contribution in [0, 0.1) is 12.8 Å². The highest BCUT2D eigenvalue weighted by molar-refractivity contribution is 8.08. The number of Topliss-reactive ketones (excluding diaryl/α,β-unsaturated/α-hetero) is 2. The number of hydrogen-bond acceptors (Lipinski definition) is 4. The molecule has 0 bridgehead atoms. The van der Waals surface area contributed by atoms with Crippen molar-refractivity contribution in [1.82, 2.24) is 0 Å². The summed E-state index contributed by atoms with van der Waals surface area (Å²) in [6.07, 6.45) is 15.1. The van der Waals surface area contributed by atoms with Crippen molar-refractivity contribution in [3.63, 3.8) is 0 Å². The van der Waals surface area contributed by atoms with Gasteiger partial charge >= 0.3 is 0 Å². The summed E-state index contributed by atoms with van der Waals surface area (Å²) in [5.41, 5.74) is 3.51. The van der Waals surface area contributed by atoms with E-state index in [1.165, 1.54) is 0 Å². The zero-order chi connectivity index (χ0) is 19.3. The van der Waals surface area contributed by atoms with Crippen molar-refractivity contribution < 1.29 is 14.3 Å². The first-order valence-electron chi connectivity index (χ1n) is 8.41. The van der Waals surface area contributed by atoms with Gasteiger partial charge in [-0.05, 0) is 50.5 Å². The maximum atomic E-state index is 12.4. The lowest BCUT2D eigenvalue weighted by atomic mass is 9.90. The van der Waals surface area contributed by atoms with E-state index >= 15 is 0 Å². The van der Waals surface area contributed by atoms with Crippen LogP contribution in [0.5, 0.6) is 0 Å². The molecule has 2 aliphatic rings. The first-order valence-corrected chi connectivity index (χ1v) is 9.40. The number of thioether (sulfide) groups is 1. The lowest BCUT2D eigenvalue weighted by Gasteiger charge is -2.28. The second kappa shape index (κ2) is 8.73. The molecular weight excluding hydrogens is 344 g/mol. The van der Waals surface area contributed by atoms with Crippen LogP contribution in [0.4, 0.5) is 0 Å². The third-order valence-corrected chi connectivity index (χ3v) is 5.49. The van der Waals surface area contributed by atoms with Gasteiger partial charge in [-0.15, -0.1) is 24.6 Å². The van der Waals surface area contributed by atoms with Crippen LogP contribution in [0.15, 0.2) is 42.2 Å². The summed E-state index contributed by atoms with van der Waals surface area (Å²) in [4.78, 5) is 25.5. The van der Waals surface area contributed by atoms with Crippen LogP contribution in [-0.2, 0) is 9.53 Å². The fourth-order valence-electron chi connectivity index (χ4n) is 2.81. The first kappa shape index (κ1) is 19.8. The van der Waals surface area contributed by atoms with Gasteiger partial charge in [0.05, 0.1) is 4.91 Å². The standard InChI is InChI=1S/C20H20O3S.C2H2/c1-4-5-6-7-12(2)14-8-9-15-16(10-14)20-19(18(22)17(15)21)23-13(3)11-24-20;1-2/h4-5,7-10,13H,6,11H2,1-3H3;1-2H/b5-4-,12-7+;. The molecule has 0 N–H and O–H groups in total. The smallest absolute Gasteiger partial charge is 0.269 e. The zero-order valence-corrected chi connectivity index (χ0v) is 16.1. The Balaban J connectivity index is 0.00000117. The number of carbonyl (C=O) groups is 2. The van der Waals surface area contributed by atoms with Crippen LogP contribution in [0.2, 0.25) is 0 Å². The number of hydrogen-bond donors (Lipinski definition) is 0. The van der Waals surface area contributed by atoms with Gasteiger partial charge < -0.3 is 4.74 Å². The summed E-state index contributed by atoms with van der Waals surface area (Å²) in [5.74, 6) is 0.00855. The third-order valence-electron chi connectivity index (χ3n) is 4.16. The van der Waals surface area contributed by atoms with Crippen molar-refractivity contribution in [2.24, 2.45) is 0 Å². The van der Waals surface area contributed by atoms with Crippen LogP contribution >= 0.6 is 11.8 Å². The summed E-state index contributed by atoms with van der Waals surface area (Å²) in [6.45, 7) is 5.97. The van der Waals surface area contributed by atoms with Gasteiger partial charge in [0.25, 0.3) is 5.78 Å². The molecule has 1 unspecified atom stereocenters. The molecule has 1 aromatic carbocycles. The van der Waals surface area contributed by atoms with Crippen molar-refractivity contribution in [3.8, 4) is 12.8 Å². The third kappa shape index (κ3) is 3.84. The highest BCUT2D eigenvalue weighted by Gasteiger charge is 2.37. The Kier molecular flexibility index (Phi) is 6.65. The molecular formula is C22H22O3S. The highest BCUT2D eigenvalue weighted by atomic mass is 32.2. The number of rotatable bonds is 3. The molecule has 0 aromatic heterocycles. The summed E-state index contributed by atoms with van der Waals surface area (Å²) in [6, 6.07) is 5.68. The Bertz CT molecular complexity index is 840. The number of ketones is 2. The molecule has 1 aliphatic carbocycles. The summed E-state index contributed by atoms with van der Waals surface area (Å²) < 4.78 is 5.67. The van der Waals surface area contributed by atoms with Gasteiger partial charge in [-0.25, -0.2) is 0 Å². The second-order valence-electron chi connectivity index (χ2n) is 6.01. The number of allylic oxidation sites excluding steroid dienone is 5. The fraction of sp³-hybridized carbons (Fsp3) is 0.273. The lowest BCUT2D eigenvalue weighted by Crippen LogP contribution is -2.30. The number of ether oxygens (including phenoxy) is 1. The van der Waals surface area contributed by atoms with E-state index in [9.17, 15) is 9.59 Å². The van der Waals surface area contributed by atoms with Crippen LogP contribution in [0.1, 0.15) is 48.7 Å². The van der Waals surface area contributed by atoms with E-state index in [1.54, 1.807) is 17.8 Å². The molecule has 134 valence electrons. The van der Waals surface area contributed by atoms with Gasteiger partial charge in [-0.3, -0.25) is 9.59 Å². The van der Waals surface area contributed by atoms with E-state index in [-0.39, 0.29) is 11.9 Å². The highest BCUT2D eigenvalue weighted by Crippen LogP contribution is 2.42. The summed E-state index contributed by atoms with van der Waals surface area (Å²) in [7, 11) is 0. The fourth-order valence-corrected chi connectivity index (χ4v) is 3.88. The summed E-state index contributed by atoms with van der Waals surface area (Å²) >= 11 is 1.60. The minimum atomic E-state index is -0.523. The van der Waals surface area contributed by atoms with E-state index < -0.39 is 11.6 Å². The molecule has 1 atom stereocenters. The maximum absolute atomic E-state index is 12.4. The Morgan fingerprint density at radius 2 is 2.00 bits per heavy atom. The minimum absolute atomic E-state index is 0.0577. The number of benzene rings is 1. The van der Waals surface area contributed by atoms with E-state index in [0.717, 1.165) is 33.8 Å². The van der Waals surface area contributed by atoms with Crippen molar-refractivity contribution in [2.45, 2.75) is 33.3 Å². The molecule has 4 heteroatoms. The molecule has 0 spiro atoms. The normalized spacial score (nSPS) is 19.4. The van der Waals surface area contributed by atoms with Crippen LogP contribution in [0.3, 0.4) is 0 Å². The van der Waals surface area contributed by atoms with Crippen molar-refractivity contribution in [2.75, 3.05) is 5.75 Å². The Labute approximate surface area is 159 Å². The molecule has 0 fully saturated rings. The van der Waals surface area contributed by atoms with Gasteiger partial charge in [-0.1, -0.05) is 24.3 Å². The molecule has 3 nitrogen and oxygen atoms in total. The predicted molar refractivity (Wildman–Crippen MR) is 109 cm³/mol. The number of fused-ring (bicyclic) bond motifs is 2. The van der Waals surface area contributed by atoms with Crippen LogP contribution < -0.4 is 0 Å². The number of terminal acetylenes is 1. The molecule has 26 heavy (non-hydrogen) atoms. The monoisotopic (exact) mass is 366 g/mol. The van der Waals surface area contributed by atoms with Gasteiger partial charge in [0.2, 0.25) is 5.78 Å².